The predicted octanol–water partition coefficient (Wildman–Crippen LogP) is 4.62. The van der Waals surface area contributed by atoms with E-state index in [-0.39, 0.29) is 40.5 Å². The number of rotatable bonds is 8. The number of aryl methyl sites for hydroxylation is 2. The Morgan fingerprint density at radius 3 is 2.70 bits per heavy atom. The molecule has 0 spiro atoms. The smallest absolute Gasteiger partial charge is 0.340 e. The van der Waals surface area contributed by atoms with Gasteiger partial charge < -0.3 is 19.2 Å². The third-order valence-electron chi connectivity index (χ3n) is 8.48. The van der Waals surface area contributed by atoms with Crippen LogP contribution in [0.2, 0.25) is 0 Å². The molecular weight excluding hydrogens is 603 g/mol. The van der Waals surface area contributed by atoms with Gasteiger partial charge in [0, 0.05) is 22.5 Å². The maximum atomic E-state index is 13.2. The van der Waals surface area contributed by atoms with Crippen molar-refractivity contribution in [3.63, 3.8) is 0 Å². The third kappa shape index (κ3) is 5.51. The molecule has 3 aromatic heterocycles. The molecular formula is C30H33N7O5S2. The van der Waals surface area contributed by atoms with Gasteiger partial charge in [-0.05, 0) is 78.6 Å². The molecule has 6 rings (SSSR count). The summed E-state index contributed by atoms with van der Waals surface area (Å²) in [5, 5.41) is 14.5. The molecule has 2 aliphatic rings. The number of nitrogens with two attached hydrogens (primary N) is 1. The topological polar surface area (TPSA) is 170 Å². The van der Waals surface area contributed by atoms with E-state index in [9.17, 15) is 13.7 Å². The summed E-state index contributed by atoms with van der Waals surface area (Å²) < 4.78 is 43.8. The van der Waals surface area contributed by atoms with E-state index in [1.54, 1.807) is 12.1 Å². The second-order valence-electron chi connectivity index (χ2n) is 11.6. The lowest BCUT2D eigenvalue weighted by Gasteiger charge is -2.30. The highest BCUT2D eigenvalue weighted by Crippen LogP contribution is 2.48. The molecule has 1 unspecified atom stereocenters. The van der Waals surface area contributed by atoms with Crippen molar-refractivity contribution in [3.8, 4) is 29.5 Å². The molecule has 2 N–H and O–H groups in total. The van der Waals surface area contributed by atoms with E-state index in [0.29, 0.717) is 22.9 Å². The minimum absolute atomic E-state index is 0.0158. The van der Waals surface area contributed by atoms with Crippen LogP contribution in [0.3, 0.4) is 0 Å². The zero-order valence-corrected chi connectivity index (χ0v) is 26.5. The predicted molar refractivity (Wildman–Crippen MR) is 163 cm³/mol. The molecule has 1 aromatic carbocycles. The first-order valence-corrected chi connectivity index (χ1v) is 16.6. The first kappa shape index (κ1) is 30.0. The summed E-state index contributed by atoms with van der Waals surface area (Å²) >= 11 is 1.42. The van der Waals surface area contributed by atoms with Gasteiger partial charge in [0.15, 0.2) is 0 Å². The van der Waals surface area contributed by atoms with E-state index in [1.807, 2.05) is 27.8 Å². The number of anilines is 1. The van der Waals surface area contributed by atoms with Gasteiger partial charge >= 0.3 is 16.1 Å². The Morgan fingerprint density at radius 1 is 1.23 bits per heavy atom. The number of likely N-dealkylation sites (tertiary alicyclic amines) is 1. The quantitative estimate of drug-likeness (QED) is 0.267. The number of nitriles is 1. The first-order valence-electron chi connectivity index (χ1n) is 14.4. The average molecular weight is 636 g/mol. The van der Waals surface area contributed by atoms with Crippen molar-refractivity contribution in [1.29, 1.82) is 5.26 Å². The second kappa shape index (κ2) is 11.5. The molecule has 4 heterocycles. The van der Waals surface area contributed by atoms with Crippen molar-refractivity contribution >= 4 is 26.5 Å². The van der Waals surface area contributed by atoms with Crippen molar-refractivity contribution < 1.29 is 21.9 Å². The van der Waals surface area contributed by atoms with Gasteiger partial charge in [-0.2, -0.15) is 28.6 Å². The Morgan fingerprint density at radius 2 is 2.00 bits per heavy atom. The van der Waals surface area contributed by atoms with Crippen molar-refractivity contribution in [2.75, 3.05) is 19.3 Å². The monoisotopic (exact) mass is 635 g/mol. The van der Waals surface area contributed by atoms with Crippen molar-refractivity contribution in [2.45, 2.75) is 75.3 Å². The van der Waals surface area contributed by atoms with Crippen molar-refractivity contribution in [2.24, 2.45) is 0 Å². The summed E-state index contributed by atoms with van der Waals surface area (Å²) in [6.07, 6.45) is 4.08. The van der Waals surface area contributed by atoms with Crippen LogP contribution in [0.5, 0.6) is 11.9 Å². The first-order chi connectivity index (χ1) is 21.0. The van der Waals surface area contributed by atoms with Crippen LogP contribution in [-0.2, 0) is 22.0 Å². The number of fused-ring (bicyclic) bond motifs is 1. The van der Waals surface area contributed by atoms with E-state index in [0.717, 1.165) is 48.2 Å². The Kier molecular flexibility index (Phi) is 7.81. The third-order valence-corrected chi connectivity index (χ3v) is 10.8. The molecule has 12 nitrogen and oxygen atoms in total. The molecule has 0 radical (unpaired) electrons. The number of benzene rings is 1. The number of nitrogens with zero attached hydrogens (tertiary/aromatic N) is 6. The number of thiophene rings is 1. The van der Waals surface area contributed by atoms with Gasteiger partial charge in [-0.3, -0.25) is 4.90 Å². The average Bonchev–Trinajstić information content (AvgIpc) is 3.72. The summed E-state index contributed by atoms with van der Waals surface area (Å²) in [4.78, 5) is 16.8. The highest BCUT2D eigenvalue weighted by atomic mass is 32.2. The standard InChI is InChI=1S/C30H33N7O5S2/c1-17-9-11-19(12-10-17)44(38,39)42-24-15-21(33-29(34-24)40-18(2)22-7-6-14-37(22)4)27-35-28(41-36-27)30(3)13-5-8-23-25(30)20(16-31)26(32)43-23/h9-12,15,18,22H,5-8,13-14,32H2,1-4H3/t18-,22-,30?/m0/s1. The van der Waals surface area contributed by atoms with Crippen LogP contribution in [-0.4, -0.2) is 59.2 Å². The van der Waals surface area contributed by atoms with E-state index in [1.165, 1.54) is 29.5 Å². The minimum atomic E-state index is -4.22. The summed E-state index contributed by atoms with van der Waals surface area (Å²) in [6.45, 7) is 6.71. The van der Waals surface area contributed by atoms with Crippen LogP contribution in [0.25, 0.3) is 11.5 Å². The molecule has 1 fully saturated rings. The fraction of sp³-hybridized carbons (Fsp3) is 0.433. The molecule has 1 aliphatic carbocycles. The fourth-order valence-electron chi connectivity index (χ4n) is 6.11. The molecule has 3 atom stereocenters. The van der Waals surface area contributed by atoms with Gasteiger partial charge in [0.25, 0.3) is 0 Å². The van der Waals surface area contributed by atoms with Gasteiger partial charge in [0.2, 0.25) is 17.6 Å². The van der Waals surface area contributed by atoms with E-state index >= 15 is 0 Å². The summed E-state index contributed by atoms with van der Waals surface area (Å²) in [5.41, 5.74) is 7.78. The summed E-state index contributed by atoms with van der Waals surface area (Å²) in [7, 11) is -2.18. The lowest BCUT2D eigenvalue weighted by molar-refractivity contribution is 0.111. The van der Waals surface area contributed by atoms with Crippen molar-refractivity contribution in [3.05, 3.63) is 57.8 Å². The van der Waals surface area contributed by atoms with Crippen molar-refractivity contribution in [1.82, 2.24) is 25.0 Å². The lowest BCUT2D eigenvalue weighted by atomic mass is 9.72. The SMILES string of the molecule is Cc1ccc(S(=O)(=O)Oc2cc(-c3noc(C4(C)CCCc5sc(N)c(C#N)c54)n3)nc(O[C@@H](C)[C@@H]3CCCN3C)n2)cc1. The van der Waals surface area contributed by atoms with E-state index < -0.39 is 15.5 Å². The number of aromatic nitrogens is 4. The van der Waals surface area contributed by atoms with Crippen LogP contribution in [0.15, 0.2) is 39.8 Å². The Hall–Kier alpha value is -4.06. The van der Waals surface area contributed by atoms with Crippen LogP contribution in [0, 0.1) is 18.3 Å². The number of hydrogen-bond acceptors (Lipinski definition) is 13. The highest BCUT2D eigenvalue weighted by molar-refractivity contribution is 7.87. The molecule has 1 aliphatic heterocycles. The lowest BCUT2D eigenvalue weighted by Crippen LogP contribution is -2.38. The van der Waals surface area contributed by atoms with Gasteiger partial charge in [0.05, 0.1) is 11.0 Å². The van der Waals surface area contributed by atoms with Gasteiger partial charge in [-0.25, -0.2) is 0 Å². The minimum Gasteiger partial charge on any atom is -0.459 e. The summed E-state index contributed by atoms with van der Waals surface area (Å²) in [6, 6.07) is 9.98. The molecule has 4 aromatic rings. The van der Waals surface area contributed by atoms with Crippen LogP contribution >= 0.6 is 11.3 Å². The number of hydrogen-bond donors (Lipinski definition) is 1. The number of nitrogen functional groups attached to an aromatic ring is 1. The van der Waals surface area contributed by atoms with Crippen LogP contribution in [0.1, 0.15) is 67.0 Å². The fourth-order valence-corrected chi connectivity index (χ4v) is 8.18. The van der Waals surface area contributed by atoms with Gasteiger partial charge in [-0.1, -0.05) is 22.9 Å². The zero-order valence-electron chi connectivity index (χ0n) is 24.9. The molecule has 14 heteroatoms. The summed E-state index contributed by atoms with van der Waals surface area (Å²) in [5.74, 6) is 0.164. The molecule has 0 amide bonds. The Labute approximate surface area is 260 Å². The van der Waals surface area contributed by atoms with E-state index in [4.69, 9.17) is 24.2 Å². The molecule has 44 heavy (non-hydrogen) atoms. The maximum absolute atomic E-state index is 13.2. The highest BCUT2D eigenvalue weighted by Gasteiger charge is 2.43. The Bertz CT molecular complexity index is 1850. The second-order valence-corrected chi connectivity index (χ2v) is 14.3. The largest absolute Gasteiger partial charge is 0.459 e. The number of ether oxygens (including phenoxy) is 1. The van der Waals surface area contributed by atoms with Crippen LogP contribution < -0.4 is 14.7 Å². The molecule has 0 saturated carbocycles. The number of likely N-dealkylation sites (N-methyl/N-ethyl adjacent to an activating group) is 1. The van der Waals surface area contributed by atoms with Gasteiger partial charge in [-0.15, -0.1) is 11.3 Å². The van der Waals surface area contributed by atoms with Gasteiger partial charge in [0.1, 0.15) is 27.8 Å². The molecule has 1 saturated heterocycles. The van der Waals surface area contributed by atoms with Crippen LogP contribution in [0.4, 0.5) is 5.00 Å². The normalized spacial score (nSPS) is 21.0. The zero-order chi connectivity index (χ0) is 31.2. The Balaban J connectivity index is 1.38. The molecule has 0 bridgehead atoms. The molecule has 230 valence electrons. The van der Waals surface area contributed by atoms with E-state index in [2.05, 4.69) is 26.1 Å². The maximum Gasteiger partial charge on any atom is 0.340 e.